The molecule has 1 aromatic carbocycles. The zero-order valence-corrected chi connectivity index (χ0v) is 14.6. The number of carbonyl (C=O) groups excluding carboxylic acids is 1. The lowest BCUT2D eigenvalue weighted by Crippen LogP contribution is -2.45. The summed E-state index contributed by atoms with van der Waals surface area (Å²) in [6.45, 7) is 6.00. The normalized spacial score (nSPS) is 11.3. The first-order valence-corrected chi connectivity index (χ1v) is 8.14. The largest absolute Gasteiger partial charge is 0.350 e. The van der Waals surface area contributed by atoms with Crippen LogP contribution in [0.2, 0.25) is 0 Å². The molecule has 0 radical (unpaired) electrons. The van der Waals surface area contributed by atoms with Crippen LogP contribution < -0.4 is 10.2 Å². The predicted molar refractivity (Wildman–Crippen MR) is 90.3 cm³/mol. The number of nitrogens with one attached hydrogen (secondary N) is 1. The monoisotopic (exact) mass is 336 g/mol. The van der Waals surface area contributed by atoms with Gasteiger partial charge in [0.2, 0.25) is 11.0 Å². The molecule has 0 spiro atoms. The molecular formula is C16H21FN4OS. The summed E-state index contributed by atoms with van der Waals surface area (Å²) in [5.74, 6) is -0.326. The van der Waals surface area contributed by atoms with Crippen LogP contribution in [0.1, 0.15) is 31.3 Å². The average Bonchev–Trinajstić information content (AvgIpc) is 2.88. The number of hydrogen-bond acceptors (Lipinski definition) is 5. The molecule has 5 nitrogen and oxygen atoms in total. The first-order chi connectivity index (χ1) is 10.7. The molecule has 0 bridgehead atoms. The third kappa shape index (κ3) is 5.28. The van der Waals surface area contributed by atoms with E-state index in [-0.39, 0.29) is 23.8 Å². The van der Waals surface area contributed by atoms with Crippen molar-refractivity contribution < 1.29 is 9.18 Å². The Hall–Kier alpha value is -2.02. The van der Waals surface area contributed by atoms with Gasteiger partial charge in [0, 0.05) is 19.0 Å². The molecule has 124 valence electrons. The molecule has 23 heavy (non-hydrogen) atoms. The standard InChI is InChI=1S/C16H21FN4OS/c1-16(2,3)18-13(22)10-21(4)15-20-19-14(23-15)9-11-7-5-6-8-12(11)17/h5-8H,9-10H2,1-4H3,(H,18,22). The maximum Gasteiger partial charge on any atom is 0.239 e. The summed E-state index contributed by atoms with van der Waals surface area (Å²) in [4.78, 5) is 13.7. The van der Waals surface area contributed by atoms with Crippen LogP contribution in [0.3, 0.4) is 0 Å². The molecule has 1 amide bonds. The minimum Gasteiger partial charge on any atom is -0.350 e. The van der Waals surface area contributed by atoms with Crippen LogP contribution in [-0.4, -0.2) is 35.2 Å². The lowest BCUT2D eigenvalue weighted by molar-refractivity contribution is -0.121. The number of anilines is 1. The third-order valence-electron chi connectivity index (χ3n) is 2.98. The highest BCUT2D eigenvalue weighted by Crippen LogP contribution is 2.22. The number of rotatable bonds is 5. The van der Waals surface area contributed by atoms with Gasteiger partial charge in [-0.25, -0.2) is 4.39 Å². The maximum atomic E-state index is 13.7. The van der Waals surface area contributed by atoms with Crippen molar-refractivity contribution in [3.8, 4) is 0 Å². The Morgan fingerprint density at radius 2 is 2.00 bits per heavy atom. The molecule has 2 aromatic rings. The Labute approximate surface area is 139 Å². The van der Waals surface area contributed by atoms with Crippen molar-refractivity contribution in [2.75, 3.05) is 18.5 Å². The summed E-state index contributed by atoms with van der Waals surface area (Å²) < 4.78 is 13.7. The summed E-state index contributed by atoms with van der Waals surface area (Å²) in [7, 11) is 1.79. The number of likely N-dealkylation sites (N-methyl/N-ethyl adjacent to an activating group) is 1. The van der Waals surface area contributed by atoms with Gasteiger partial charge in [0.05, 0.1) is 6.54 Å². The number of carbonyl (C=O) groups is 1. The number of aromatic nitrogens is 2. The van der Waals surface area contributed by atoms with E-state index in [1.165, 1.54) is 17.4 Å². The van der Waals surface area contributed by atoms with E-state index in [0.29, 0.717) is 22.1 Å². The number of hydrogen-bond donors (Lipinski definition) is 1. The molecule has 0 saturated carbocycles. The van der Waals surface area contributed by atoms with E-state index in [2.05, 4.69) is 15.5 Å². The molecule has 0 aliphatic rings. The fourth-order valence-corrected chi connectivity index (χ4v) is 2.84. The molecule has 0 unspecified atom stereocenters. The van der Waals surface area contributed by atoms with Gasteiger partial charge in [-0.2, -0.15) is 0 Å². The van der Waals surface area contributed by atoms with E-state index in [9.17, 15) is 9.18 Å². The van der Waals surface area contributed by atoms with Crippen LogP contribution in [0.15, 0.2) is 24.3 Å². The van der Waals surface area contributed by atoms with Crippen molar-refractivity contribution >= 4 is 22.4 Å². The molecule has 7 heteroatoms. The highest BCUT2D eigenvalue weighted by molar-refractivity contribution is 7.15. The second kappa shape index (κ2) is 7.04. The summed E-state index contributed by atoms with van der Waals surface area (Å²) in [6, 6.07) is 6.62. The van der Waals surface area contributed by atoms with Crippen molar-refractivity contribution in [1.82, 2.24) is 15.5 Å². The quantitative estimate of drug-likeness (QED) is 0.912. The number of amides is 1. The Morgan fingerprint density at radius 1 is 1.30 bits per heavy atom. The molecule has 1 heterocycles. The summed E-state index contributed by atoms with van der Waals surface area (Å²) in [5, 5.41) is 12.4. The van der Waals surface area contributed by atoms with Gasteiger partial charge < -0.3 is 10.2 Å². The topological polar surface area (TPSA) is 58.1 Å². The molecule has 2 rings (SSSR count). The zero-order chi connectivity index (χ0) is 17.0. The van der Waals surface area contributed by atoms with E-state index >= 15 is 0 Å². The molecular weight excluding hydrogens is 315 g/mol. The van der Waals surface area contributed by atoms with Crippen LogP contribution in [0.25, 0.3) is 0 Å². The Morgan fingerprint density at radius 3 is 2.65 bits per heavy atom. The number of halogens is 1. The first-order valence-electron chi connectivity index (χ1n) is 7.32. The molecule has 0 saturated heterocycles. The van der Waals surface area contributed by atoms with Gasteiger partial charge in [0.15, 0.2) is 0 Å². The second-order valence-electron chi connectivity index (χ2n) is 6.40. The van der Waals surface area contributed by atoms with E-state index in [0.717, 1.165) is 0 Å². The van der Waals surface area contributed by atoms with E-state index in [1.807, 2.05) is 20.8 Å². The minimum atomic E-state index is -0.269. The molecule has 0 atom stereocenters. The first kappa shape index (κ1) is 17.3. The van der Waals surface area contributed by atoms with E-state index < -0.39 is 0 Å². The predicted octanol–water partition coefficient (Wildman–Crippen LogP) is 2.62. The molecule has 1 aromatic heterocycles. The van der Waals surface area contributed by atoms with Crippen molar-refractivity contribution in [2.45, 2.75) is 32.7 Å². The van der Waals surface area contributed by atoms with Gasteiger partial charge >= 0.3 is 0 Å². The van der Waals surface area contributed by atoms with Crippen molar-refractivity contribution in [3.63, 3.8) is 0 Å². The van der Waals surface area contributed by atoms with Gasteiger partial charge in [0.1, 0.15) is 10.8 Å². The van der Waals surface area contributed by atoms with Gasteiger partial charge in [-0.1, -0.05) is 29.5 Å². The van der Waals surface area contributed by atoms with Crippen LogP contribution >= 0.6 is 11.3 Å². The van der Waals surface area contributed by atoms with Crippen molar-refractivity contribution in [3.05, 3.63) is 40.7 Å². The molecule has 0 fully saturated rings. The lowest BCUT2D eigenvalue weighted by atomic mass is 10.1. The Kier molecular flexibility index (Phi) is 5.30. The highest BCUT2D eigenvalue weighted by Gasteiger charge is 2.17. The number of nitrogens with zero attached hydrogens (tertiary/aromatic N) is 3. The van der Waals surface area contributed by atoms with Crippen molar-refractivity contribution in [1.29, 1.82) is 0 Å². The van der Waals surface area contributed by atoms with E-state index in [4.69, 9.17) is 0 Å². The zero-order valence-electron chi connectivity index (χ0n) is 13.8. The third-order valence-corrected chi connectivity index (χ3v) is 4.01. The van der Waals surface area contributed by atoms with Crippen LogP contribution in [0, 0.1) is 5.82 Å². The SMILES string of the molecule is CN(CC(=O)NC(C)(C)C)c1nnc(Cc2ccccc2F)s1. The Balaban J connectivity index is 1.99. The second-order valence-corrected chi connectivity index (χ2v) is 7.44. The molecule has 0 aliphatic heterocycles. The molecule has 0 aliphatic carbocycles. The lowest BCUT2D eigenvalue weighted by Gasteiger charge is -2.22. The fourth-order valence-electron chi connectivity index (χ4n) is 2.02. The maximum absolute atomic E-state index is 13.7. The van der Waals surface area contributed by atoms with Gasteiger partial charge in [-0.3, -0.25) is 4.79 Å². The summed E-state index contributed by atoms with van der Waals surface area (Å²) in [5.41, 5.74) is 0.318. The van der Waals surface area contributed by atoms with Crippen molar-refractivity contribution in [2.24, 2.45) is 0 Å². The van der Waals surface area contributed by atoms with Gasteiger partial charge in [0.25, 0.3) is 0 Å². The van der Waals surface area contributed by atoms with Crippen LogP contribution in [0.5, 0.6) is 0 Å². The van der Waals surface area contributed by atoms with Crippen LogP contribution in [0.4, 0.5) is 9.52 Å². The average molecular weight is 336 g/mol. The fraction of sp³-hybridized carbons (Fsp3) is 0.438. The summed E-state index contributed by atoms with van der Waals surface area (Å²) in [6.07, 6.45) is 0.395. The van der Waals surface area contributed by atoms with Gasteiger partial charge in [-0.05, 0) is 32.4 Å². The summed E-state index contributed by atoms with van der Waals surface area (Å²) >= 11 is 1.36. The smallest absolute Gasteiger partial charge is 0.239 e. The highest BCUT2D eigenvalue weighted by atomic mass is 32.1. The van der Waals surface area contributed by atoms with Gasteiger partial charge in [-0.15, -0.1) is 10.2 Å². The minimum absolute atomic E-state index is 0.0779. The van der Waals surface area contributed by atoms with Crippen LogP contribution in [-0.2, 0) is 11.2 Å². The Bertz CT molecular complexity index is 681. The molecule has 1 N–H and O–H groups in total. The number of benzene rings is 1. The van der Waals surface area contributed by atoms with E-state index in [1.54, 1.807) is 30.1 Å².